The minimum Gasteiger partial charge on any atom is -0.395 e. The molecule has 0 spiro atoms. The number of aliphatic hydroxyl groups excluding tert-OH is 2. The third kappa shape index (κ3) is 4.67. The summed E-state index contributed by atoms with van der Waals surface area (Å²) in [6.07, 6.45) is 0.866. The largest absolute Gasteiger partial charge is 0.395 e. The lowest BCUT2D eigenvalue weighted by molar-refractivity contribution is 0.121. The first kappa shape index (κ1) is 15.7. The fourth-order valence-electron chi connectivity index (χ4n) is 2.65. The molecule has 0 saturated carbocycles. The number of rotatable bonds is 8. The van der Waals surface area contributed by atoms with Gasteiger partial charge in [-0.05, 0) is 17.5 Å². The highest BCUT2D eigenvalue weighted by molar-refractivity contribution is 5.24. The molecule has 0 aromatic heterocycles. The number of aliphatic hydroxyl groups is 2. The first-order valence-electron chi connectivity index (χ1n) is 7.39. The van der Waals surface area contributed by atoms with Gasteiger partial charge in [0.2, 0.25) is 0 Å². The molecule has 3 heteroatoms. The fourth-order valence-corrected chi connectivity index (χ4v) is 2.65. The fraction of sp³-hybridized carbons (Fsp3) is 0.333. The Bertz CT molecular complexity index is 495. The summed E-state index contributed by atoms with van der Waals surface area (Å²) >= 11 is 0. The second kappa shape index (κ2) is 8.57. The highest BCUT2D eigenvalue weighted by Gasteiger charge is 2.19. The van der Waals surface area contributed by atoms with Crippen molar-refractivity contribution in [2.75, 3.05) is 26.3 Å². The third-order valence-corrected chi connectivity index (χ3v) is 3.67. The summed E-state index contributed by atoms with van der Waals surface area (Å²) < 4.78 is 0. The van der Waals surface area contributed by atoms with Gasteiger partial charge in [-0.1, -0.05) is 60.7 Å². The van der Waals surface area contributed by atoms with Crippen LogP contribution in [-0.4, -0.2) is 41.4 Å². The van der Waals surface area contributed by atoms with Gasteiger partial charge in [-0.25, -0.2) is 0 Å². The predicted octanol–water partition coefficient (Wildman–Crippen LogP) is 2.26. The van der Waals surface area contributed by atoms with E-state index in [1.807, 2.05) is 36.4 Å². The van der Waals surface area contributed by atoms with Crippen LogP contribution in [0.4, 0.5) is 0 Å². The zero-order valence-electron chi connectivity index (χ0n) is 12.2. The van der Waals surface area contributed by atoms with Crippen LogP contribution in [0.2, 0.25) is 0 Å². The molecule has 21 heavy (non-hydrogen) atoms. The third-order valence-electron chi connectivity index (χ3n) is 3.67. The Morgan fingerprint density at radius 1 is 0.762 bits per heavy atom. The highest BCUT2D eigenvalue weighted by atomic mass is 16.3. The van der Waals surface area contributed by atoms with Crippen LogP contribution in [0.5, 0.6) is 0 Å². The maximum Gasteiger partial charge on any atom is 0.0558 e. The summed E-state index contributed by atoms with van der Waals surface area (Å²) in [6, 6.07) is 20.8. The van der Waals surface area contributed by atoms with Gasteiger partial charge in [0.25, 0.3) is 0 Å². The van der Waals surface area contributed by atoms with Crippen molar-refractivity contribution >= 4 is 0 Å². The molecule has 3 nitrogen and oxygen atoms in total. The molecule has 2 aromatic carbocycles. The van der Waals surface area contributed by atoms with Gasteiger partial charge < -0.3 is 10.2 Å². The molecule has 0 aliphatic carbocycles. The Hall–Kier alpha value is -1.68. The summed E-state index contributed by atoms with van der Waals surface area (Å²) in [6.45, 7) is 1.32. The monoisotopic (exact) mass is 285 g/mol. The van der Waals surface area contributed by atoms with E-state index in [1.165, 1.54) is 11.1 Å². The molecule has 0 fully saturated rings. The molecule has 1 atom stereocenters. The Morgan fingerprint density at radius 2 is 1.29 bits per heavy atom. The minimum atomic E-state index is 0.0954. The smallest absolute Gasteiger partial charge is 0.0558 e. The number of benzene rings is 2. The average Bonchev–Trinajstić information content (AvgIpc) is 2.54. The molecule has 0 aliphatic heterocycles. The van der Waals surface area contributed by atoms with E-state index in [4.69, 9.17) is 0 Å². The van der Waals surface area contributed by atoms with Crippen LogP contribution in [0.1, 0.15) is 17.2 Å². The molecular formula is C18H23NO2. The number of hydrogen-bond donors (Lipinski definition) is 2. The Morgan fingerprint density at radius 3 is 1.81 bits per heavy atom. The van der Waals surface area contributed by atoms with Crippen molar-refractivity contribution in [3.8, 4) is 0 Å². The van der Waals surface area contributed by atoms with Gasteiger partial charge in [-0.15, -0.1) is 0 Å². The lowest BCUT2D eigenvalue weighted by atomic mass is 9.97. The van der Waals surface area contributed by atoms with E-state index < -0.39 is 0 Å². The molecule has 2 rings (SSSR count). The summed E-state index contributed by atoms with van der Waals surface area (Å²) in [5, 5.41) is 18.6. The van der Waals surface area contributed by atoms with Gasteiger partial charge in [-0.2, -0.15) is 0 Å². The molecule has 2 N–H and O–H groups in total. The van der Waals surface area contributed by atoms with Gasteiger partial charge in [0.05, 0.1) is 13.2 Å². The molecule has 2 aromatic rings. The van der Waals surface area contributed by atoms with E-state index in [9.17, 15) is 10.2 Å². The van der Waals surface area contributed by atoms with Crippen molar-refractivity contribution in [1.29, 1.82) is 0 Å². The van der Waals surface area contributed by atoms with Crippen molar-refractivity contribution in [2.45, 2.75) is 12.5 Å². The Labute approximate surface area is 126 Å². The predicted molar refractivity (Wildman–Crippen MR) is 85.1 cm³/mol. The zero-order chi connectivity index (χ0) is 14.9. The molecule has 0 heterocycles. The van der Waals surface area contributed by atoms with Crippen molar-refractivity contribution in [3.05, 3.63) is 71.8 Å². The van der Waals surface area contributed by atoms with Gasteiger partial charge in [0.1, 0.15) is 0 Å². The first-order chi connectivity index (χ1) is 10.3. The second-order valence-electron chi connectivity index (χ2n) is 5.10. The maximum atomic E-state index is 9.30. The van der Waals surface area contributed by atoms with E-state index in [-0.39, 0.29) is 19.3 Å². The van der Waals surface area contributed by atoms with Crippen molar-refractivity contribution in [3.63, 3.8) is 0 Å². The maximum absolute atomic E-state index is 9.30. The molecule has 0 amide bonds. The van der Waals surface area contributed by atoms with Crippen LogP contribution in [-0.2, 0) is 6.42 Å². The van der Waals surface area contributed by atoms with Crippen molar-refractivity contribution in [1.82, 2.24) is 4.90 Å². The molecule has 0 radical (unpaired) electrons. The molecule has 0 aliphatic rings. The molecule has 0 bridgehead atoms. The standard InChI is InChI=1S/C18H23NO2/c20-13-11-19(12-14-21)18(17-9-5-2-6-10-17)15-16-7-3-1-4-8-16/h1-10,18,20-21H,11-15H2/t18-/m0/s1. The summed E-state index contributed by atoms with van der Waals surface area (Å²) in [7, 11) is 0. The van der Waals surface area contributed by atoms with Crippen molar-refractivity contribution < 1.29 is 10.2 Å². The van der Waals surface area contributed by atoms with E-state index in [1.54, 1.807) is 0 Å². The van der Waals surface area contributed by atoms with Gasteiger partial charge in [0, 0.05) is 19.1 Å². The number of nitrogens with zero attached hydrogens (tertiary/aromatic N) is 1. The van der Waals surface area contributed by atoms with Crippen LogP contribution in [0, 0.1) is 0 Å². The van der Waals surface area contributed by atoms with Crippen LogP contribution < -0.4 is 0 Å². The quantitative estimate of drug-likeness (QED) is 0.782. The van der Waals surface area contributed by atoms with E-state index in [0.717, 1.165) is 6.42 Å². The summed E-state index contributed by atoms with van der Waals surface area (Å²) in [5.74, 6) is 0. The van der Waals surface area contributed by atoms with Crippen LogP contribution in [0.3, 0.4) is 0 Å². The highest BCUT2D eigenvalue weighted by Crippen LogP contribution is 2.24. The van der Waals surface area contributed by atoms with E-state index in [2.05, 4.69) is 29.2 Å². The second-order valence-corrected chi connectivity index (χ2v) is 5.10. The Balaban J connectivity index is 2.24. The SMILES string of the molecule is OCCN(CCO)[C@@H](Cc1ccccc1)c1ccccc1. The molecule has 112 valence electrons. The van der Waals surface area contributed by atoms with E-state index >= 15 is 0 Å². The zero-order valence-corrected chi connectivity index (χ0v) is 12.2. The first-order valence-corrected chi connectivity index (χ1v) is 7.39. The summed E-state index contributed by atoms with van der Waals surface area (Å²) in [4.78, 5) is 2.14. The van der Waals surface area contributed by atoms with Crippen LogP contribution in [0.25, 0.3) is 0 Å². The van der Waals surface area contributed by atoms with Gasteiger partial charge in [0.15, 0.2) is 0 Å². The van der Waals surface area contributed by atoms with Crippen LogP contribution >= 0.6 is 0 Å². The average molecular weight is 285 g/mol. The Kier molecular flexibility index (Phi) is 6.41. The van der Waals surface area contributed by atoms with E-state index in [0.29, 0.717) is 13.1 Å². The molecular weight excluding hydrogens is 262 g/mol. The normalized spacial score (nSPS) is 12.5. The minimum absolute atomic E-state index is 0.0954. The van der Waals surface area contributed by atoms with Gasteiger partial charge >= 0.3 is 0 Å². The molecule has 0 saturated heterocycles. The molecule has 0 unspecified atom stereocenters. The number of hydrogen-bond acceptors (Lipinski definition) is 3. The van der Waals surface area contributed by atoms with Crippen molar-refractivity contribution in [2.24, 2.45) is 0 Å². The topological polar surface area (TPSA) is 43.7 Å². The lowest BCUT2D eigenvalue weighted by Gasteiger charge is -2.31. The lowest BCUT2D eigenvalue weighted by Crippen LogP contribution is -2.35. The van der Waals surface area contributed by atoms with Gasteiger partial charge in [-0.3, -0.25) is 4.90 Å². The van der Waals surface area contributed by atoms with Crippen LogP contribution in [0.15, 0.2) is 60.7 Å². The summed E-state index contributed by atoms with van der Waals surface area (Å²) in [5.41, 5.74) is 2.47.